The van der Waals surface area contributed by atoms with E-state index in [2.05, 4.69) is 128 Å². The molecule has 1 aliphatic carbocycles. The topological polar surface area (TPSA) is 89.9 Å². The largest absolute Gasteiger partial charge is 0.317 e. The fraction of sp³-hybridized carbons (Fsp3) is 0.244. The van der Waals surface area contributed by atoms with Crippen LogP contribution in [0.2, 0.25) is 0 Å². The SMILES string of the molecule is C=C(CCCC)N(Cc1ccc(-c2ccccc2-c2nnnn2C(c2ccccc2)(c2ccccc2)c2ccccc2)cc1)C(=O)C1(N)CCCC1. The first-order valence-electron chi connectivity index (χ1n) is 18.4. The van der Waals surface area contributed by atoms with Gasteiger partial charge in [0.1, 0.15) is 5.54 Å². The lowest BCUT2D eigenvalue weighted by Crippen LogP contribution is -2.52. The van der Waals surface area contributed by atoms with Crippen LogP contribution in [0.25, 0.3) is 22.5 Å². The Bertz CT molecular complexity index is 2010. The van der Waals surface area contributed by atoms with Crippen molar-refractivity contribution in [3.63, 3.8) is 0 Å². The lowest BCUT2D eigenvalue weighted by molar-refractivity contribution is -0.135. The molecule has 1 heterocycles. The highest BCUT2D eigenvalue weighted by Gasteiger charge is 2.42. The number of amides is 1. The van der Waals surface area contributed by atoms with Crippen LogP contribution < -0.4 is 5.73 Å². The van der Waals surface area contributed by atoms with Gasteiger partial charge < -0.3 is 10.6 Å². The third kappa shape index (κ3) is 6.60. The number of rotatable bonds is 13. The van der Waals surface area contributed by atoms with Crippen molar-refractivity contribution >= 4 is 5.91 Å². The predicted octanol–water partition coefficient (Wildman–Crippen LogP) is 9.15. The molecule has 7 heteroatoms. The van der Waals surface area contributed by atoms with Crippen molar-refractivity contribution in [1.82, 2.24) is 25.1 Å². The fourth-order valence-electron chi connectivity index (χ4n) is 7.72. The number of hydrogen-bond donors (Lipinski definition) is 1. The zero-order valence-electron chi connectivity index (χ0n) is 29.9. The van der Waals surface area contributed by atoms with E-state index in [1.807, 2.05) is 39.9 Å². The maximum Gasteiger partial charge on any atom is 0.247 e. The van der Waals surface area contributed by atoms with Crippen molar-refractivity contribution in [3.8, 4) is 22.5 Å². The Kier molecular flexibility index (Phi) is 10.2. The lowest BCUT2D eigenvalue weighted by atomic mass is 9.77. The van der Waals surface area contributed by atoms with E-state index < -0.39 is 11.1 Å². The number of hydrogen-bond acceptors (Lipinski definition) is 5. The Labute approximate surface area is 306 Å². The minimum atomic E-state index is -0.866. The Hall–Kier alpha value is -5.66. The number of nitrogens with zero attached hydrogens (tertiary/aromatic N) is 5. The van der Waals surface area contributed by atoms with E-state index >= 15 is 0 Å². The molecular formula is C45H46N6O. The van der Waals surface area contributed by atoms with Crippen molar-refractivity contribution in [2.45, 2.75) is 69.5 Å². The highest BCUT2D eigenvalue weighted by atomic mass is 16.2. The van der Waals surface area contributed by atoms with E-state index in [0.717, 1.165) is 89.6 Å². The third-order valence-corrected chi connectivity index (χ3v) is 10.5. The first-order valence-corrected chi connectivity index (χ1v) is 18.4. The second kappa shape index (κ2) is 15.3. The molecule has 0 atom stereocenters. The highest BCUT2D eigenvalue weighted by Crippen LogP contribution is 2.43. The summed E-state index contributed by atoms with van der Waals surface area (Å²) in [4.78, 5) is 15.7. The summed E-state index contributed by atoms with van der Waals surface area (Å²) in [7, 11) is 0. The van der Waals surface area contributed by atoms with Gasteiger partial charge >= 0.3 is 0 Å². The summed E-state index contributed by atoms with van der Waals surface area (Å²) in [6, 6.07) is 48.0. The molecule has 2 N–H and O–H groups in total. The van der Waals surface area contributed by atoms with Gasteiger partial charge in [-0.25, -0.2) is 4.68 Å². The predicted molar refractivity (Wildman–Crippen MR) is 208 cm³/mol. The number of unbranched alkanes of at least 4 members (excludes halogenated alkanes) is 1. The number of benzene rings is 5. The van der Waals surface area contributed by atoms with E-state index in [9.17, 15) is 4.79 Å². The van der Waals surface area contributed by atoms with Gasteiger partial charge in [0, 0.05) is 11.3 Å². The number of tetrazole rings is 1. The van der Waals surface area contributed by atoms with Crippen molar-refractivity contribution in [3.05, 3.63) is 174 Å². The number of carbonyl (C=O) groups excluding carboxylic acids is 1. The lowest BCUT2D eigenvalue weighted by Gasteiger charge is -2.36. The van der Waals surface area contributed by atoms with E-state index in [0.29, 0.717) is 12.4 Å². The summed E-state index contributed by atoms with van der Waals surface area (Å²) < 4.78 is 1.97. The molecule has 1 fully saturated rings. The molecule has 1 aromatic heterocycles. The van der Waals surface area contributed by atoms with E-state index in [1.54, 1.807) is 0 Å². The molecule has 1 aliphatic rings. The standard InChI is InChI=1S/C45H46N6O/c1-3-4-18-34(2)50(43(52)44(46)31-16-17-32-44)33-35-27-29-36(30-28-35)40-25-14-15-26-41(40)42-47-48-49-51(42)45(37-19-8-5-9-20-37,38-21-10-6-11-22-38)39-23-12-7-13-24-39/h5-15,19-30H,2-4,16-18,31-33,46H2,1H3. The second-order valence-electron chi connectivity index (χ2n) is 13.9. The van der Waals surface area contributed by atoms with Crippen LogP contribution in [0.15, 0.2) is 152 Å². The molecule has 0 bridgehead atoms. The van der Waals surface area contributed by atoms with Gasteiger partial charge in [0.05, 0.1) is 12.1 Å². The van der Waals surface area contributed by atoms with Crippen LogP contribution >= 0.6 is 0 Å². The summed E-state index contributed by atoms with van der Waals surface area (Å²) in [5, 5.41) is 13.8. The molecule has 52 heavy (non-hydrogen) atoms. The van der Waals surface area contributed by atoms with Gasteiger partial charge in [0.25, 0.3) is 0 Å². The molecule has 7 nitrogen and oxygen atoms in total. The number of aromatic nitrogens is 4. The molecule has 6 aromatic rings. The van der Waals surface area contributed by atoms with Crippen LogP contribution in [0.3, 0.4) is 0 Å². The molecule has 0 saturated heterocycles. The Morgan fingerprint density at radius 2 is 1.29 bits per heavy atom. The zero-order chi connectivity index (χ0) is 36.0. The maximum atomic E-state index is 13.9. The van der Waals surface area contributed by atoms with Crippen molar-refractivity contribution in [2.24, 2.45) is 5.73 Å². The number of carbonyl (C=O) groups is 1. The summed E-state index contributed by atoms with van der Waals surface area (Å²) in [5.74, 6) is 0.635. The Morgan fingerprint density at radius 1 is 0.769 bits per heavy atom. The van der Waals surface area contributed by atoms with Crippen molar-refractivity contribution in [2.75, 3.05) is 0 Å². The summed E-state index contributed by atoms with van der Waals surface area (Å²) >= 11 is 0. The Balaban J connectivity index is 1.29. The van der Waals surface area contributed by atoms with Gasteiger partial charge in [-0.05, 0) is 69.5 Å². The quantitative estimate of drug-likeness (QED) is 0.122. The average molecular weight is 687 g/mol. The van der Waals surface area contributed by atoms with E-state index in [4.69, 9.17) is 16.0 Å². The molecule has 5 aromatic carbocycles. The molecule has 0 aliphatic heterocycles. The van der Waals surface area contributed by atoms with Gasteiger partial charge in [-0.1, -0.05) is 172 Å². The molecule has 0 spiro atoms. The molecule has 1 saturated carbocycles. The molecule has 0 unspecified atom stereocenters. The van der Waals surface area contributed by atoms with Crippen LogP contribution in [0.5, 0.6) is 0 Å². The summed E-state index contributed by atoms with van der Waals surface area (Å²) in [5.41, 5.74) is 12.9. The summed E-state index contributed by atoms with van der Waals surface area (Å²) in [6.45, 7) is 6.93. The molecular weight excluding hydrogens is 641 g/mol. The van der Waals surface area contributed by atoms with Gasteiger partial charge in [-0.3, -0.25) is 4.79 Å². The van der Waals surface area contributed by atoms with Gasteiger partial charge in [-0.2, -0.15) is 0 Å². The smallest absolute Gasteiger partial charge is 0.247 e. The first-order chi connectivity index (χ1) is 25.5. The Morgan fingerprint density at radius 3 is 1.83 bits per heavy atom. The normalized spacial score (nSPS) is 13.9. The monoisotopic (exact) mass is 686 g/mol. The zero-order valence-corrected chi connectivity index (χ0v) is 29.9. The van der Waals surface area contributed by atoms with Crippen LogP contribution in [-0.2, 0) is 16.9 Å². The first kappa shape index (κ1) is 34.8. The molecule has 262 valence electrons. The van der Waals surface area contributed by atoms with Crippen LogP contribution in [0, 0.1) is 0 Å². The maximum absolute atomic E-state index is 13.9. The van der Waals surface area contributed by atoms with Crippen molar-refractivity contribution in [1.29, 1.82) is 0 Å². The van der Waals surface area contributed by atoms with E-state index in [-0.39, 0.29) is 5.91 Å². The van der Waals surface area contributed by atoms with Crippen molar-refractivity contribution < 1.29 is 4.79 Å². The second-order valence-corrected chi connectivity index (χ2v) is 13.9. The molecule has 0 radical (unpaired) electrons. The fourth-order valence-corrected chi connectivity index (χ4v) is 7.72. The van der Waals surface area contributed by atoms with Crippen LogP contribution in [-0.4, -0.2) is 36.6 Å². The van der Waals surface area contributed by atoms with Crippen LogP contribution in [0.4, 0.5) is 0 Å². The minimum Gasteiger partial charge on any atom is -0.317 e. The van der Waals surface area contributed by atoms with Gasteiger partial charge in [-0.15, -0.1) is 5.10 Å². The van der Waals surface area contributed by atoms with Crippen LogP contribution in [0.1, 0.15) is 74.1 Å². The van der Waals surface area contributed by atoms with E-state index in [1.165, 1.54) is 0 Å². The highest BCUT2D eigenvalue weighted by molar-refractivity contribution is 5.88. The average Bonchev–Trinajstić information content (AvgIpc) is 3.88. The van der Waals surface area contributed by atoms with Gasteiger partial charge in [0.15, 0.2) is 5.82 Å². The number of allylic oxidation sites excluding steroid dienone is 1. The van der Waals surface area contributed by atoms with Gasteiger partial charge in [0.2, 0.25) is 5.91 Å². The minimum absolute atomic E-state index is 0.00825. The molecule has 1 amide bonds. The summed E-state index contributed by atoms with van der Waals surface area (Å²) in [6.07, 6.45) is 6.20. The third-order valence-electron chi connectivity index (χ3n) is 10.5. The number of nitrogens with two attached hydrogens (primary N) is 1. The molecule has 7 rings (SSSR count).